The Kier molecular flexibility index (Phi) is 4.56. The van der Waals surface area contributed by atoms with Crippen LogP contribution in [0.15, 0.2) is 24.3 Å². The largest absolute Gasteiger partial charge is 0.480 e. The van der Waals surface area contributed by atoms with Crippen LogP contribution in [0.25, 0.3) is 12.2 Å². The van der Waals surface area contributed by atoms with Crippen molar-refractivity contribution in [2.75, 3.05) is 6.54 Å². The van der Waals surface area contributed by atoms with Crippen LogP contribution in [0, 0.1) is 5.92 Å². The average molecular weight is 359 g/mol. The second kappa shape index (κ2) is 6.43. The number of rotatable bonds is 2. The first kappa shape index (κ1) is 18.5. The Morgan fingerprint density at radius 1 is 1.23 bits per heavy atom. The second-order valence-corrected chi connectivity index (χ2v) is 8.11. The first-order chi connectivity index (χ1) is 12.1. The van der Waals surface area contributed by atoms with Crippen LogP contribution in [0.4, 0.5) is 4.79 Å². The highest BCUT2D eigenvalue weighted by Gasteiger charge is 2.52. The molecular weight excluding hydrogens is 334 g/mol. The summed E-state index contributed by atoms with van der Waals surface area (Å²) >= 11 is 0. The van der Waals surface area contributed by atoms with E-state index in [-0.39, 0.29) is 18.9 Å². The highest BCUT2D eigenvalue weighted by molar-refractivity contribution is 5.81. The molecule has 1 saturated heterocycles. The minimum atomic E-state index is -1.30. The summed E-state index contributed by atoms with van der Waals surface area (Å²) < 4.78 is 5.33. The third-order valence-electron chi connectivity index (χ3n) is 4.94. The van der Waals surface area contributed by atoms with Gasteiger partial charge < -0.3 is 14.9 Å². The van der Waals surface area contributed by atoms with E-state index in [2.05, 4.69) is 0 Å². The number of aliphatic carboxylic acids is 1. The molecule has 0 aromatic heterocycles. The number of aliphatic hydroxyl groups is 1. The van der Waals surface area contributed by atoms with Crippen LogP contribution in [-0.4, -0.2) is 51.0 Å². The van der Waals surface area contributed by atoms with Crippen molar-refractivity contribution >= 4 is 24.2 Å². The molecule has 0 saturated carbocycles. The molecule has 0 spiro atoms. The molecule has 6 heteroatoms. The third kappa shape index (κ3) is 3.60. The van der Waals surface area contributed by atoms with Gasteiger partial charge in [-0.05, 0) is 37.6 Å². The molecule has 6 nitrogen and oxygen atoms in total. The molecule has 26 heavy (non-hydrogen) atoms. The number of fused-ring (bicyclic) bond motifs is 1. The van der Waals surface area contributed by atoms with Gasteiger partial charge in [0.15, 0.2) is 0 Å². The number of β-amino-alcohol motifs (C(OH)–C–C–N with tert-alkyl or cyclic N) is 1. The van der Waals surface area contributed by atoms with Crippen molar-refractivity contribution in [2.24, 2.45) is 5.92 Å². The first-order valence-corrected chi connectivity index (χ1v) is 8.81. The number of carboxylic acids is 1. The molecular formula is C20H25NO5. The van der Waals surface area contributed by atoms with E-state index >= 15 is 0 Å². The summed E-state index contributed by atoms with van der Waals surface area (Å²) in [6, 6.07) is 6.76. The number of hydrogen-bond donors (Lipinski definition) is 2. The van der Waals surface area contributed by atoms with Gasteiger partial charge in [-0.1, -0.05) is 36.4 Å². The zero-order valence-electron chi connectivity index (χ0n) is 15.3. The Hall–Kier alpha value is -2.34. The number of carbonyl (C=O) groups is 2. The maximum atomic E-state index is 12.5. The minimum absolute atomic E-state index is 0.0151. The van der Waals surface area contributed by atoms with Crippen molar-refractivity contribution in [3.05, 3.63) is 34.7 Å². The SMILES string of the molecule is CC(C)(C)OC(=O)N1C[C@](O)([C@@H]2C=c3ccccc3=CC2)C[C@H]1C(=O)O. The van der Waals surface area contributed by atoms with Crippen LogP contribution < -0.4 is 10.4 Å². The molecule has 1 aliphatic heterocycles. The summed E-state index contributed by atoms with van der Waals surface area (Å²) in [5.41, 5.74) is -2.03. The summed E-state index contributed by atoms with van der Waals surface area (Å²) in [7, 11) is 0. The number of nitrogens with zero attached hydrogens (tertiary/aromatic N) is 1. The zero-order valence-corrected chi connectivity index (χ0v) is 15.3. The molecule has 1 amide bonds. The van der Waals surface area contributed by atoms with E-state index in [0.29, 0.717) is 6.42 Å². The quantitative estimate of drug-likeness (QED) is 0.826. The summed E-state index contributed by atoms with van der Waals surface area (Å²) in [6.45, 7) is 5.12. The maximum Gasteiger partial charge on any atom is 0.411 e. The molecule has 3 rings (SSSR count). The number of likely N-dealkylation sites (tertiary alicyclic amines) is 1. The van der Waals surface area contributed by atoms with Crippen LogP contribution in [0.5, 0.6) is 0 Å². The van der Waals surface area contributed by atoms with Crippen molar-refractivity contribution < 1.29 is 24.5 Å². The Morgan fingerprint density at radius 2 is 1.88 bits per heavy atom. The Balaban J connectivity index is 1.88. The minimum Gasteiger partial charge on any atom is -0.480 e. The van der Waals surface area contributed by atoms with Gasteiger partial charge in [0.05, 0.1) is 12.1 Å². The topological polar surface area (TPSA) is 87.1 Å². The predicted molar refractivity (Wildman–Crippen MR) is 96.7 cm³/mol. The molecule has 3 atom stereocenters. The fourth-order valence-corrected chi connectivity index (χ4v) is 3.68. The third-order valence-corrected chi connectivity index (χ3v) is 4.94. The van der Waals surface area contributed by atoms with Crippen molar-refractivity contribution in [3.63, 3.8) is 0 Å². The van der Waals surface area contributed by atoms with Gasteiger partial charge >= 0.3 is 12.1 Å². The van der Waals surface area contributed by atoms with Crippen LogP contribution in [0.1, 0.15) is 33.6 Å². The number of amides is 1. The molecule has 0 unspecified atom stereocenters. The van der Waals surface area contributed by atoms with Gasteiger partial charge in [0.1, 0.15) is 11.6 Å². The summed E-state index contributed by atoms with van der Waals surface area (Å²) in [6.07, 6.45) is 3.90. The molecule has 2 N–H and O–H groups in total. The summed E-state index contributed by atoms with van der Waals surface area (Å²) in [5.74, 6) is -1.39. The maximum absolute atomic E-state index is 12.5. The normalized spacial score (nSPS) is 27.9. The van der Waals surface area contributed by atoms with Gasteiger partial charge in [0, 0.05) is 12.3 Å². The lowest BCUT2D eigenvalue weighted by Crippen LogP contribution is -2.46. The van der Waals surface area contributed by atoms with Crippen LogP contribution >= 0.6 is 0 Å². The molecule has 0 radical (unpaired) electrons. The molecule has 1 fully saturated rings. The van der Waals surface area contributed by atoms with E-state index in [1.54, 1.807) is 20.8 Å². The van der Waals surface area contributed by atoms with Crippen molar-refractivity contribution in [1.82, 2.24) is 4.90 Å². The second-order valence-electron chi connectivity index (χ2n) is 8.11. The van der Waals surface area contributed by atoms with E-state index in [0.717, 1.165) is 15.3 Å². The van der Waals surface area contributed by atoms with E-state index in [4.69, 9.17) is 4.74 Å². The van der Waals surface area contributed by atoms with Gasteiger partial charge in [-0.25, -0.2) is 9.59 Å². The first-order valence-electron chi connectivity index (χ1n) is 8.81. The molecule has 140 valence electrons. The van der Waals surface area contributed by atoms with Gasteiger partial charge in [-0.15, -0.1) is 0 Å². The highest BCUT2D eigenvalue weighted by atomic mass is 16.6. The monoisotopic (exact) mass is 359 g/mol. The van der Waals surface area contributed by atoms with Crippen molar-refractivity contribution in [3.8, 4) is 0 Å². The Labute approximate surface area is 152 Å². The van der Waals surface area contributed by atoms with Gasteiger partial charge in [-0.3, -0.25) is 4.90 Å². The van der Waals surface area contributed by atoms with E-state index in [9.17, 15) is 19.8 Å². The summed E-state index contributed by atoms with van der Waals surface area (Å²) in [4.78, 5) is 25.3. The number of carboxylic acid groups (broad SMARTS) is 1. The molecule has 0 bridgehead atoms. The molecule has 1 aliphatic carbocycles. The lowest BCUT2D eigenvalue weighted by Gasteiger charge is -2.31. The smallest absolute Gasteiger partial charge is 0.411 e. The molecule has 1 heterocycles. The van der Waals surface area contributed by atoms with Crippen molar-refractivity contribution in [1.29, 1.82) is 0 Å². The van der Waals surface area contributed by atoms with Gasteiger partial charge in [0.2, 0.25) is 0 Å². The standard InChI is InChI=1S/C20H25NO5/c1-19(2,3)26-18(24)21-12-20(25,11-16(21)17(22)23)15-9-8-13-6-4-5-7-14(13)10-15/h4-8,10,15-16,25H,9,11-12H2,1-3H3,(H,22,23)/t15-,16-,20-/m0/s1. The van der Waals surface area contributed by atoms with Crippen LogP contribution in [0.3, 0.4) is 0 Å². The fraction of sp³-hybridized carbons (Fsp3) is 0.500. The van der Waals surface area contributed by atoms with Gasteiger partial charge in [-0.2, -0.15) is 0 Å². The zero-order chi connectivity index (χ0) is 19.1. The van der Waals surface area contributed by atoms with Crippen LogP contribution in [0.2, 0.25) is 0 Å². The van der Waals surface area contributed by atoms with Crippen molar-refractivity contribution in [2.45, 2.75) is 50.9 Å². The molecule has 1 aromatic carbocycles. The number of hydrogen-bond acceptors (Lipinski definition) is 4. The predicted octanol–water partition coefficient (Wildman–Crippen LogP) is 1.09. The highest BCUT2D eigenvalue weighted by Crippen LogP contribution is 2.37. The average Bonchev–Trinajstić information content (AvgIpc) is 2.93. The number of ether oxygens (including phenoxy) is 1. The van der Waals surface area contributed by atoms with Crippen LogP contribution in [-0.2, 0) is 9.53 Å². The fourth-order valence-electron chi connectivity index (χ4n) is 3.68. The lowest BCUT2D eigenvalue weighted by atomic mass is 9.80. The molecule has 1 aromatic rings. The Bertz CT molecular complexity index is 840. The van der Waals surface area contributed by atoms with E-state index in [1.165, 1.54) is 0 Å². The number of benzene rings is 1. The molecule has 2 aliphatic rings. The van der Waals surface area contributed by atoms with E-state index in [1.807, 2.05) is 36.4 Å². The number of carbonyl (C=O) groups excluding carboxylic acids is 1. The van der Waals surface area contributed by atoms with E-state index < -0.39 is 29.3 Å². The van der Waals surface area contributed by atoms with Gasteiger partial charge in [0.25, 0.3) is 0 Å². The Morgan fingerprint density at radius 3 is 2.50 bits per heavy atom. The summed E-state index contributed by atoms with van der Waals surface area (Å²) in [5, 5.41) is 22.9. The lowest BCUT2D eigenvalue weighted by molar-refractivity contribution is -0.142.